The first-order valence-corrected chi connectivity index (χ1v) is 8.59. The molecule has 0 bridgehead atoms. The molecule has 2 heterocycles. The van der Waals surface area contributed by atoms with Crippen molar-refractivity contribution < 1.29 is 18.3 Å². The number of benzene rings is 1. The average molecular weight is 338 g/mol. The molecule has 3 rings (SSSR count). The number of rotatable bonds is 5. The van der Waals surface area contributed by atoms with Gasteiger partial charge in [0.05, 0.1) is 25.3 Å². The Balaban J connectivity index is 1.37. The zero-order valence-corrected chi connectivity index (χ0v) is 13.7. The maximum absolute atomic E-state index is 13.2. The molecule has 2 fully saturated rings. The lowest BCUT2D eigenvalue weighted by atomic mass is 10.1. The molecular formula is C18H24F2N2O2. The van der Waals surface area contributed by atoms with Crippen LogP contribution in [0.3, 0.4) is 0 Å². The van der Waals surface area contributed by atoms with Crippen LogP contribution in [0.25, 0.3) is 0 Å². The number of likely N-dealkylation sites (tertiary alicyclic amines) is 1. The number of ether oxygens (including phenoxy) is 1. The summed E-state index contributed by atoms with van der Waals surface area (Å²) >= 11 is 0. The van der Waals surface area contributed by atoms with Crippen molar-refractivity contribution in [3.63, 3.8) is 0 Å². The van der Waals surface area contributed by atoms with Crippen LogP contribution in [0.1, 0.15) is 24.8 Å². The first-order valence-electron chi connectivity index (χ1n) is 8.59. The van der Waals surface area contributed by atoms with Gasteiger partial charge in [-0.25, -0.2) is 8.78 Å². The van der Waals surface area contributed by atoms with E-state index in [0.29, 0.717) is 19.7 Å². The molecule has 24 heavy (non-hydrogen) atoms. The van der Waals surface area contributed by atoms with Gasteiger partial charge in [0.2, 0.25) is 5.91 Å². The van der Waals surface area contributed by atoms with Crippen LogP contribution >= 0.6 is 0 Å². The number of amides is 1. The van der Waals surface area contributed by atoms with Gasteiger partial charge >= 0.3 is 0 Å². The van der Waals surface area contributed by atoms with Gasteiger partial charge in [-0.15, -0.1) is 0 Å². The number of piperidine rings is 1. The summed E-state index contributed by atoms with van der Waals surface area (Å²) < 4.78 is 32.3. The molecule has 0 aliphatic carbocycles. The van der Waals surface area contributed by atoms with Gasteiger partial charge in [0.15, 0.2) is 0 Å². The molecule has 0 saturated carbocycles. The van der Waals surface area contributed by atoms with Crippen molar-refractivity contribution in [2.75, 3.05) is 26.2 Å². The Labute approximate surface area is 141 Å². The molecule has 4 nitrogen and oxygen atoms in total. The maximum Gasteiger partial charge on any atom is 0.262 e. The molecule has 2 saturated heterocycles. The first kappa shape index (κ1) is 17.3. The van der Waals surface area contributed by atoms with E-state index in [2.05, 4.69) is 17.4 Å². The standard InChI is InChI=1S/C18H24F2N2O2/c19-18(20)12-16(21-13-18)17(23)22-9-6-15(7-10-22)24-11-8-14-4-2-1-3-5-14/h1-5,15-16,21H,6-13H2. The Morgan fingerprint density at radius 1 is 1.25 bits per heavy atom. The summed E-state index contributed by atoms with van der Waals surface area (Å²) in [5, 5.41) is 2.64. The first-order chi connectivity index (χ1) is 11.5. The van der Waals surface area contributed by atoms with E-state index in [1.54, 1.807) is 4.90 Å². The Kier molecular flexibility index (Phi) is 5.46. The van der Waals surface area contributed by atoms with Crippen molar-refractivity contribution in [3.8, 4) is 0 Å². The lowest BCUT2D eigenvalue weighted by Crippen LogP contribution is -2.48. The molecule has 0 radical (unpaired) electrons. The van der Waals surface area contributed by atoms with E-state index in [0.717, 1.165) is 19.3 Å². The van der Waals surface area contributed by atoms with E-state index in [1.807, 2.05) is 18.2 Å². The van der Waals surface area contributed by atoms with Gasteiger partial charge in [0, 0.05) is 19.5 Å². The summed E-state index contributed by atoms with van der Waals surface area (Å²) in [6.45, 7) is 1.43. The highest BCUT2D eigenvalue weighted by Crippen LogP contribution is 2.27. The number of hydrogen-bond acceptors (Lipinski definition) is 3. The third-order valence-corrected chi connectivity index (χ3v) is 4.75. The van der Waals surface area contributed by atoms with Crippen LogP contribution in [-0.4, -0.2) is 55.1 Å². The van der Waals surface area contributed by atoms with Crippen LogP contribution in [0, 0.1) is 0 Å². The molecule has 132 valence electrons. The average Bonchev–Trinajstić information content (AvgIpc) is 2.96. The Morgan fingerprint density at radius 3 is 2.58 bits per heavy atom. The van der Waals surface area contributed by atoms with Crippen molar-refractivity contribution in [1.82, 2.24) is 10.2 Å². The second kappa shape index (κ2) is 7.57. The number of nitrogens with zero attached hydrogens (tertiary/aromatic N) is 1. The highest BCUT2D eigenvalue weighted by Gasteiger charge is 2.43. The van der Waals surface area contributed by atoms with E-state index in [9.17, 15) is 13.6 Å². The third kappa shape index (κ3) is 4.51. The number of carbonyl (C=O) groups excluding carboxylic acids is 1. The number of hydrogen-bond donors (Lipinski definition) is 1. The smallest absolute Gasteiger partial charge is 0.262 e. The molecule has 1 N–H and O–H groups in total. The second-order valence-electron chi connectivity index (χ2n) is 6.62. The minimum absolute atomic E-state index is 0.149. The van der Waals surface area contributed by atoms with Gasteiger partial charge in [-0.3, -0.25) is 10.1 Å². The fraction of sp³-hybridized carbons (Fsp3) is 0.611. The Morgan fingerprint density at radius 2 is 1.96 bits per heavy atom. The molecule has 0 aromatic heterocycles. The SMILES string of the molecule is O=C(C1CC(F)(F)CN1)N1CCC(OCCc2ccccc2)CC1. The van der Waals surface area contributed by atoms with Crippen molar-refractivity contribution in [3.05, 3.63) is 35.9 Å². The molecule has 2 aliphatic rings. The van der Waals surface area contributed by atoms with Crippen molar-refractivity contribution in [1.29, 1.82) is 0 Å². The molecule has 0 spiro atoms. The molecule has 1 aromatic carbocycles. The largest absolute Gasteiger partial charge is 0.378 e. The minimum Gasteiger partial charge on any atom is -0.378 e. The quantitative estimate of drug-likeness (QED) is 0.895. The summed E-state index contributed by atoms with van der Waals surface area (Å²) in [6.07, 6.45) is 2.17. The normalized spacial score (nSPS) is 24.2. The fourth-order valence-corrected chi connectivity index (χ4v) is 3.34. The number of halogens is 2. The molecule has 1 aromatic rings. The van der Waals surface area contributed by atoms with E-state index in [1.165, 1.54) is 5.56 Å². The molecular weight excluding hydrogens is 314 g/mol. The van der Waals surface area contributed by atoms with Crippen LogP contribution in [0.4, 0.5) is 8.78 Å². The molecule has 1 unspecified atom stereocenters. The van der Waals surface area contributed by atoms with Gasteiger partial charge in [-0.2, -0.15) is 0 Å². The van der Waals surface area contributed by atoms with Crippen LogP contribution in [0.2, 0.25) is 0 Å². The highest BCUT2D eigenvalue weighted by atomic mass is 19.3. The van der Waals surface area contributed by atoms with E-state index in [-0.39, 0.29) is 18.4 Å². The van der Waals surface area contributed by atoms with Gasteiger partial charge < -0.3 is 9.64 Å². The lowest BCUT2D eigenvalue weighted by molar-refractivity contribution is -0.136. The van der Waals surface area contributed by atoms with Gasteiger partial charge in [-0.1, -0.05) is 30.3 Å². The Bertz CT molecular complexity index is 545. The number of carbonyl (C=O) groups is 1. The lowest BCUT2D eigenvalue weighted by Gasteiger charge is -2.33. The van der Waals surface area contributed by atoms with Crippen LogP contribution in [-0.2, 0) is 16.0 Å². The van der Waals surface area contributed by atoms with Crippen LogP contribution < -0.4 is 5.32 Å². The minimum atomic E-state index is -2.76. The summed E-state index contributed by atoms with van der Waals surface area (Å²) in [5.41, 5.74) is 1.25. The van der Waals surface area contributed by atoms with Crippen LogP contribution in [0.5, 0.6) is 0 Å². The van der Waals surface area contributed by atoms with E-state index in [4.69, 9.17) is 4.74 Å². The molecule has 6 heteroatoms. The van der Waals surface area contributed by atoms with Crippen molar-refractivity contribution >= 4 is 5.91 Å². The van der Waals surface area contributed by atoms with Gasteiger partial charge in [0.25, 0.3) is 5.92 Å². The number of nitrogens with one attached hydrogen (secondary N) is 1. The second-order valence-corrected chi connectivity index (χ2v) is 6.62. The van der Waals surface area contributed by atoms with Gasteiger partial charge in [-0.05, 0) is 24.8 Å². The molecule has 1 atom stereocenters. The zero-order chi connectivity index (χ0) is 17.0. The molecule has 1 amide bonds. The summed E-state index contributed by atoms with van der Waals surface area (Å²) in [4.78, 5) is 14.0. The summed E-state index contributed by atoms with van der Waals surface area (Å²) in [7, 11) is 0. The predicted molar refractivity (Wildman–Crippen MR) is 87.1 cm³/mol. The maximum atomic E-state index is 13.2. The topological polar surface area (TPSA) is 41.6 Å². The summed E-state index contributed by atoms with van der Waals surface area (Å²) in [5.74, 6) is -2.96. The fourth-order valence-electron chi connectivity index (χ4n) is 3.34. The van der Waals surface area contributed by atoms with E-state index < -0.39 is 18.5 Å². The monoisotopic (exact) mass is 338 g/mol. The van der Waals surface area contributed by atoms with Gasteiger partial charge in [0.1, 0.15) is 0 Å². The third-order valence-electron chi connectivity index (χ3n) is 4.75. The summed E-state index contributed by atoms with van der Waals surface area (Å²) in [6, 6.07) is 9.44. The van der Waals surface area contributed by atoms with Crippen molar-refractivity contribution in [2.45, 2.75) is 43.8 Å². The van der Waals surface area contributed by atoms with E-state index >= 15 is 0 Å². The van der Waals surface area contributed by atoms with Crippen molar-refractivity contribution in [2.24, 2.45) is 0 Å². The van der Waals surface area contributed by atoms with Crippen LogP contribution in [0.15, 0.2) is 30.3 Å². The number of alkyl halides is 2. The Hall–Kier alpha value is -1.53. The predicted octanol–water partition coefficient (Wildman–Crippen LogP) is 2.23. The molecule has 2 aliphatic heterocycles. The highest BCUT2D eigenvalue weighted by molar-refractivity contribution is 5.82. The zero-order valence-electron chi connectivity index (χ0n) is 13.7.